The molecule has 3 aromatic carbocycles. The largest absolute Gasteiger partial charge is 0.450 e. The summed E-state index contributed by atoms with van der Waals surface area (Å²) in [4.78, 5) is 12.3. The molecule has 0 aliphatic carbocycles. The molecule has 1 aliphatic heterocycles. The Bertz CT molecular complexity index is 1160. The van der Waals surface area contributed by atoms with Crippen LogP contribution in [0.3, 0.4) is 0 Å². The second-order valence-electron chi connectivity index (χ2n) is 8.59. The van der Waals surface area contributed by atoms with Crippen molar-refractivity contribution in [3.8, 4) is 0 Å². The fraction of sp³-hybridized carbons (Fsp3) is 0.321. The van der Waals surface area contributed by atoms with Gasteiger partial charge in [0, 0.05) is 29.8 Å². The van der Waals surface area contributed by atoms with Gasteiger partial charge < -0.3 is 10.1 Å². The molecule has 2 N–H and O–H groups in total. The first-order valence-corrected chi connectivity index (χ1v) is 11.9. The van der Waals surface area contributed by atoms with Crippen molar-refractivity contribution in [1.82, 2.24) is 0 Å². The minimum absolute atomic E-state index is 0.0376. The maximum atomic E-state index is 14.2. The number of benzene rings is 3. The van der Waals surface area contributed by atoms with Crippen LogP contribution >= 0.6 is 0 Å². The van der Waals surface area contributed by atoms with E-state index in [9.17, 15) is 13.6 Å². The van der Waals surface area contributed by atoms with Crippen molar-refractivity contribution < 1.29 is 18.3 Å². The number of nitrogens with one attached hydrogen (secondary N) is 2. The first-order valence-electron chi connectivity index (χ1n) is 11.9. The number of fused-ring (bicyclic) bond motifs is 1. The van der Waals surface area contributed by atoms with Crippen molar-refractivity contribution in [3.63, 3.8) is 0 Å². The van der Waals surface area contributed by atoms with Gasteiger partial charge >= 0.3 is 6.09 Å². The number of hydrogen-bond acceptors (Lipinski definition) is 3. The van der Waals surface area contributed by atoms with Crippen LogP contribution < -0.4 is 10.6 Å². The van der Waals surface area contributed by atoms with Crippen molar-refractivity contribution >= 4 is 17.5 Å². The Morgan fingerprint density at radius 2 is 1.85 bits per heavy atom. The molecule has 0 saturated heterocycles. The van der Waals surface area contributed by atoms with Gasteiger partial charge in [0.1, 0.15) is 11.6 Å². The summed E-state index contributed by atoms with van der Waals surface area (Å²) in [6.45, 7) is 4.85. The van der Waals surface area contributed by atoms with E-state index in [2.05, 4.69) is 17.6 Å². The van der Waals surface area contributed by atoms with Crippen LogP contribution in [0.5, 0.6) is 0 Å². The van der Waals surface area contributed by atoms with Crippen LogP contribution in [0.1, 0.15) is 67.2 Å². The number of anilines is 2. The molecule has 4 rings (SSSR count). The number of halogens is 2. The molecule has 3 aromatic rings. The lowest BCUT2D eigenvalue weighted by Gasteiger charge is -2.32. The van der Waals surface area contributed by atoms with Gasteiger partial charge in [-0.2, -0.15) is 0 Å². The Hall–Kier alpha value is -3.41. The third-order valence-corrected chi connectivity index (χ3v) is 6.29. The number of amides is 1. The highest BCUT2D eigenvalue weighted by Gasteiger charge is 2.28. The van der Waals surface area contributed by atoms with Gasteiger partial charge in [0.2, 0.25) is 0 Å². The molecule has 178 valence electrons. The maximum absolute atomic E-state index is 14.2. The highest BCUT2D eigenvalue weighted by molar-refractivity contribution is 5.86. The number of hydrogen-bond donors (Lipinski definition) is 2. The zero-order valence-electron chi connectivity index (χ0n) is 19.5. The molecule has 4 nitrogen and oxygen atoms in total. The lowest BCUT2D eigenvalue weighted by Crippen LogP contribution is -2.22. The van der Waals surface area contributed by atoms with E-state index in [0.29, 0.717) is 5.69 Å². The summed E-state index contributed by atoms with van der Waals surface area (Å²) in [5.74, 6) is -0.664. The molecule has 6 heteroatoms. The molecular weight excluding hydrogens is 434 g/mol. The van der Waals surface area contributed by atoms with Gasteiger partial charge in [-0.05, 0) is 78.4 Å². The molecular formula is C28H30F2N2O2. The van der Waals surface area contributed by atoms with Crippen LogP contribution in [0.4, 0.5) is 25.0 Å². The van der Waals surface area contributed by atoms with Gasteiger partial charge in [0.15, 0.2) is 0 Å². The Morgan fingerprint density at radius 1 is 1.09 bits per heavy atom. The van der Waals surface area contributed by atoms with Gasteiger partial charge in [-0.1, -0.05) is 37.6 Å². The fourth-order valence-corrected chi connectivity index (χ4v) is 4.88. The summed E-state index contributed by atoms with van der Waals surface area (Å²) in [5.41, 5.74) is 5.32. The van der Waals surface area contributed by atoms with Crippen LogP contribution in [0, 0.1) is 11.6 Å². The van der Waals surface area contributed by atoms with Crippen molar-refractivity contribution in [2.24, 2.45) is 0 Å². The minimum atomic E-state index is -0.530. The SMILES string of the molecule is CCCC(c1cccc(F)c1)c1cc(NC(=O)OCC)cc2c1NCCC2c1cccc(F)c1. The number of ether oxygens (including phenoxy) is 1. The summed E-state index contributed by atoms with van der Waals surface area (Å²) in [5, 5.41) is 6.38. The first kappa shape index (κ1) is 23.7. The predicted molar refractivity (Wildman–Crippen MR) is 132 cm³/mol. The second kappa shape index (κ2) is 10.7. The predicted octanol–water partition coefficient (Wildman–Crippen LogP) is 7.41. The van der Waals surface area contributed by atoms with Crippen molar-refractivity contribution in [3.05, 3.63) is 94.6 Å². The molecule has 2 atom stereocenters. The highest BCUT2D eigenvalue weighted by Crippen LogP contribution is 2.45. The van der Waals surface area contributed by atoms with Gasteiger partial charge in [-0.25, -0.2) is 13.6 Å². The number of carbonyl (C=O) groups excluding carboxylic acids is 1. The molecule has 34 heavy (non-hydrogen) atoms. The Labute approximate surface area is 199 Å². The molecule has 0 aromatic heterocycles. The average Bonchev–Trinajstić information content (AvgIpc) is 2.82. The normalized spacial score (nSPS) is 15.7. The average molecular weight is 465 g/mol. The zero-order chi connectivity index (χ0) is 24.1. The second-order valence-corrected chi connectivity index (χ2v) is 8.59. The summed E-state index contributed by atoms with van der Waals surface area (Å²) in [7, 11) is 0. The van der Waals surface area contributed by atoms with E-state index < -0.39 is 6.09 Å². The van der Waals surface area contributed by atoms with E-state index >= 15 is 0 Å². The third-order valence-electron chi connectivity index (χ3n) is 6.29. The molecule has 1 aliphatic rings. The quantitative estimate of drug-likeness (QED) is 0.383. The molecule has 0 bridgehead atoms. The van der Waals surface area contributed by atoms with E-state index in [0.717, 1.165) is 53.7 Å². The molecule has 0 spiro atoms. The summed E-state index contributed by atoms with van der Waals surface area (Å²) < 4.78 is 33.3. The van der Waals surface area contributed by atoms with Crippen molar-refractivity contribution in [2.45, 2.75) is 44.9 Å². The monoisotopic (exact) mass is 464 g/mol. The molecule has 0 saturated carbocycles. The van der Waals surface area contributed by atoms with Crippen molar-refractivity contribution in [2.75, 3.05) is 23.8 Å². The molecule has 2 unspecified atom stereocenters. The molecule has 1 heterocycles. The van der Waals surface area contributed by atoms with Gasteiger partial charge in [0.05, 0.1) is 6.61 Å². The van der Waals surface area contributed by atoms with Crippen molar-refractivity contribution in [1.29, 1.82) is 0 Å². The zero-order valence-corrected chi connectivity index (χ0v) is 19.5. The lowest BCUT2D eigenvalue weighted by atomic mass is 9.79. The van der Waals surface area contributed by atoms with Crippen LogP contribution in [0.25, 0.3) is 0 Å². The van der Waals surface area contributed by atoms with Crippen LogP contribution in [-0.2, 0) is 4.74 Å². The van der Waals surface area contributed by atoms with Crippen LogP contribution in [0.15, 0.2) is 60.7 Å². The summed E-state index contributed by atoms with van der Waals surface area (Å²) in [6.07, 6.45) is 1.97. The van der Waals surface area contributed by atoms with Crippen LogP contribution in [-0.4, -0.2) is 19.2 Å². The van der Waals surface area contributed by atoms with E-state index in [1.54, 1.807) is 31.2 Å². The topological polar surface area (TPSA) is 50.4 Å². The standard InChI is InChI=1S/C28H30F2N2O2/c1-3-7-23(18-8-5-10-20(29)14-18)25-16-22(32-28(33)34-4-2)17-26-24(12-13-31-27(25)26)19-9-6-11-21(30)15-19/h5-6,8-11,14-17,23-24,31H,3-4,7,12-13H2,1-2H3,(H,32,33). The van der Waals surface area contributed by atoms with Crippen LogP contribution in [0.2, 0.25) is 0 Å². The van der Waals surface area contributed by atoms with Gasteiger partial charge in [0.25, 0.3) is 0 Å². The third kappa shape index (κ3) is 5.22. The maximum Gasteiger partial charge on any atom is 0.411 e. The summed E-state index contributed by atoms with van der Waals surface area (Å²) in [6, 6.07) is 17.2. The first-order chi connectivity index (χ1) is 16.5. The minimum Gasteiger partial charge on any atom is -0.450 e. The van der Waals surface area contributed by atoms with E-state index in [1.807, 2.05) is 24.3 Å². The number of rotatable bonds is 7. The smallest absolute Gasteiger partial charge is 0.411 e. The Morgan fingerprint density at radius 3 is 2.56 bits per heavy atom. The molecule has 0 fully saturated rings. The summed E-state index contributed by atoms with van der Waals surface area (Å²) >= 11 is 0. The Balaban J connectivity index is 1.88. The molecule has 1 amide bonds. The Kier molecular flexibility index (Phi) is 7.46. The number of carbonyl (C=O) groups is 1. The van der Waals surface area contributed by atoms with Gasteiger partial charge in [-0.15, -0.1) is 0 Å². The fourth-order valence-electron chi connectivity index (χ4n) is 4.88. The van der Waals surface area contributed by atoms with E-state index in [4.69, 9.17) is 4.74 Å². The molecule has 0 radical (unpaired) electrons. The highest BCUT2D eigenvalue weighted by atomic mass is 19.1. The van der Waals surface area contributed by atoms with E-state index in [-0.39, 0.29) is 30.1 Å². The van der Waals surface area contributed by atoms with E-state index in [1.165, 1.54) is 12.1 Å². The van der Waals surface area contributed by atoms with Gasteiger partial charge in [-0.3, -0.25) is 5.32 Å². The lowest BCUT2D eigenvalue weighted by molar-refractivity contribution is 0.168.